The largest absolute Gasteiger partial charge is 0.496 e. The minimum absolute atomic E-state index is 0.224. The van der Waals surface area contributed by atoms with Crippen LogP contribution in [0.4, 0.5) is 11.6 Å². The lowest BCUT2D eigenvalue weighted by molar-refractivity contribution is 0.197. The van der Waals surface area contributed by atoms with Gasteiger partial charge in [-0.05, 0) is 31.2 Å². The lowest BCUT2D eigenvalue weighted by atomic mass is 10.2. The average molecular weight is 363 g/mol. The summed E-state index contributed by atoms with van der Waals surface area (Å²) in [5, 5.41) is 2.75. The molecule has 0 saturated heterocycles. The lowest BCUT2D eigenvalue weighted by Crippen LogP contribution is -2.20. The highest BCUT2D eigenvalue weighted by Gasteiger charge is 2.19. The molecule has 2 aromatic carbocycles. The van der Waals surface area contributed by atoms with Gasteiger partial charge in [-0.25, -0.2) is 15.0 Å². The number of aryl methyl sites for hydroxylation is 1. The highest BCUT2D eigenvalue weighted by molar-refractivity contribution is 5.92. The number of hydrogen-bond donors (Lipinski definition) is 1. The summed E-state index contributed by atoms with van der Waals surface area (Å²) >= 11 is 0. The van der Waals surface area contributed by atoms with Crippen LogP contribution in [0, 0.1) is 6.92 Å². The van der Waals surface area contributed by atoms with E-state index in [1.807, 2.05) is 25.1 Å². The van der Waals surface area contributed by atoms with Gasteiger partial charge in [0.05, 0.1) is 48.2 Å². The Kier molecular flexibility index (Phi) is 4.17. The molecule has 2 aromatic heterocycles. The molecule has 0 fully saturated rings. The average Bonchev–Trinajstić information content (AvgIpc) is 2.68. The third kappa shape index (κ3) is 2.76. The van der Waals surface area contributed by atoms with Crippen molar-refractivity contribution in [3.63, 3.8) is 0 Å². The van der Waals surface area contributed by atoms with E-state index in [-0.39, 0.29) is 5.56 Å². The Hall–Kier alpha value is -3.52. The molecule has 8 nitrogen and oxygen atoms in total. The number of fused-ring (bicyclic) bond motifs is 2. The zero-order valence-electron chi connectivity index (χ0n) is 15.1. The molecule has 4 rings (SSSR count). The van der Waals surface area contributed by atoms with Crippen LogP contribution in [-0.4, -0.2) is 34.2 Å². The number of rotatable bonds is 4. The number of nitrogens with zero attached hydrogens (tertiary/aromatic N) is 4. The Morgan fingerprint density at radius 3 is 2.67 bits per heavy atom. The van der Waals surface area contributed by atoms with Crippen LogP contribution in [0.25, 0.3) is 21.8 Å². The number of aromatic amines is 1. The summed E-state index contributed by atoms with van der Waals surface area (Å²) in [6.45, 7) is 1.88. The number of hydrogen-bond acceptors (Lipinski definition) is 7. The summed E-state index contributed by atoms with van der Waals surface area (Å²) in [4.78, 5) is 33.7. The van der Waals surface area contributed by atoms with Gasteiger partial charge in [-0.2, -0.15) is 5.06 Å². The van der Waals surface area contributed by atoms with Crippen LogP contribution >= 0.6 is 0 Å². The van der Waals surface area contributed by atoms with Gasteiger partial charge in [-0.1, -0.05) is 12.1 Å². The molecule has 0 aliphatic carbocycles. The first-order chi connectivity index (χ1) is 13.1. The normalized spacial score (nSPS) is 11.1. The Bertz CT molecular complexity index is 1210. The molecular weight excluding hydrogens is 346 g/mol. The van der Waals surface area contributed by atoms with Crippen LogP contribution < -0.4 is 15.4 Å². The third-order valence-electron chi connectivity index (χ3n) is 4.31. The predicted molar refractivity (Wildman–Crippen MR) is 102 cm³/mol. The first-order valence-corrected chi connectivity index (χ1v) is 8.26. The number of para-hydroxylation sites is 1. The van der Waals surface area contributed by atoms with Gasteiger partial charge in [-0.15, -0.1) is 0 Å². The van der Waals surface area contributed by atoms with Crippen LogP contribution in [0.1, 0.15) is 5.69 Å². The van der Waals surface area contributed by atoms with Crippen LogP contribution in [0.15, 0.2) is 47.5 Å². The monoisotopic (exact) mass is 363 g/mol. The van der Waals surface area contributed by atoms with E-state index in [2.05, 4.69) is 19.9 Å². The van der Waals surface area contributed by atoms with Crippen molar-refractivity contribution < 1.29 is 9.57 Å². The van der Waals surface area contributed by atoms with E-state index in [0.29, 0.717) is 28.3 Å². The van der Waals surface area contributed by atoms with E-state index in [9.17, 15) is 4.79 Å². The third-order valence-corrected chi connectivity index (χ3v) is 4.31. The Morgan fingerprint density at radius 1 is 1.07 bits per heavy atom. The fourth-order valence-corrected chi connectivity index (χ4v) is 3.11. The summed E-state index contributed by atoms with van der Waals surface area (Å²) in [7, 11) is 3.13. The molecule has 27 heavy (non-hydrogen) atoms. The predicted octanol–water partition coefficient (Wildman–Crippen LogP) is 2.88. The van der Waals surface area contributed by atoms with Crippen molar-refractivity contribution in [2.75, 3.05) is 19.3 Å². The van der Waals surface area contributed by atoms with Crippen molar-refractivity contribution in [3.05, 3.63) is 58.8 Å². The Morgan fingerprint density at radius 2 is 1.89 bits per heavy atom. The molecule has 0 aliphatic rings. The number of ether oxygens (including phenoxy) is 1. The number of benzene rings is 2. The molecule has 0 radical (unpaired) electrons. The van der Waals surface area contributed by atoms with E-state index in [0.717, 1.165) is 16.6 Å². The van der Waals surface area contributed by atoms with Gasteiger partial charge >= 0.3 is 0 Å². The summed E-state index contributed by atoms with van der Waals surface area (Å²) in [6, 6.07) is 10.9. The minimum Gasteiger partial charge on any atom is -0.496 e. The van der Waals surface area contributed by atoms with Gasteiger partial charge in [0.2, 0.25) is 0 Å². The van der Waals surface area contributed by atoms with E-state index in [4.69, 9.17) is 9.57 Å². The molecule has 1 N–H and O–H groups in total. The topological polar surface area (TPSA) is 93.2 Å². The van der Waals surface area contributed by atoms with Crippen LogP contribution in [0.2, 0.25) is 0 Å². The van der Waals surface area contributed by atoms with Gasteiger partial charge in [0.1, 0.15) is 11.3 Å². The zero-order valence-corrected chi connectivity index (χ0v) is 15.1. The first kappa shape index (κ1) is 16.9. The lowest BCUT2D eigenvalue weighted by Gasteiger charge is -2.21. The van der Waals surface area contributed by atoms with Gasteiger partial charge in [-0.3, -0.25) is 9.63 Å². The van der Waals surface area contributed by atoms with Crippen molar-refractivity contribution in [1.82, 2.24) is 19.9 Å². The molecule has 8 heteroatoms. The molecule has 0 bridgehead atoms. The van der Waals surface area contributed by atoms with E-state index < -0.39 is 0 Å². The zero-order chi connectivity index (χ0) is 19.0. The molecule has 0 saturated carbocycles. The molecule has 4 aromatic rings. The van der Waals surface area contributed by atoms with Crippen LogP contribution in [0.3, 0.4) is 0 Å². The van der Waals surface area contributed by atoms with Crippen LogP contribution in [0.5, 0.6) is 5.75 Å². The number of anilines is 2. The summed E-state index contributed by atoms with van der Waals surface area (Å²) < 4.78 is 5.42. The van der Waals surface area contributed by atoms with Crippen molar-refractivity contribution >= 4 is 33.4 Å². The number of methoxy groups -OCH3 is 1. The molecule has 0 aliphatic heterocycles. The minimum atomic E-state index is -0.224. The molecule has 0 amide bonds. The molecule has 2 heterocycles. The van der Waals surface area contributed by atoms with Gasteiger partial charge in [0, 0.05) is 0 Å². The smallest absolute Gasteiger partial charge is 0.258 e. The maximum absolute atomic E-state index is 12.1. The summed E-state index contributed by atoms with van der Waals surface area (Å²) in [5.41, 5.74) is 2.32. The van der Waals surface area contributed by atoms with Crippen molar-refractivity contribution in [2.45, 2.75) is 6.92 Å². The fraction of sp³-hybridized carbons (Fsp3) is 0.158. The SMILES string of the molecule is COc1cccc2nc(N(OC)c3cccc4c(=O)[nH]cnc34)nc(C)c12. The molecule has 0 spiro atoms. The maximum Gasteiger partial charge on any atom is 0.258 e. The van der Waals surface area contributed by atoms with Crippen molar-refractivity contribution in [1.29, 1.82) is 0 Å². The highest BCUT2D eigenvalue weighted by atomic mass is 16.7. The standard InChI is InChI=1S/C19H17N5O3/c1-11-16-13(7-5-9-15(16)26-2)23-19(22-11)24(27-3)14-8-4-6-12-17(14)20-10-21-18(12)25/h4-10H,1-3H3,(H,20,21,25). The van der Waals surface area contributed by atoms with Gasteiger partial charge < -0.3 is 9.72 Å². The van der Waals surface area contributed by atoms with E-state index >= 15 is 0 Å². The van der Waals surface area contributed by atoms with E-state index in [1.54, 1.807) is 25.3 Å². The number of nitrogens with one attached hydrogen (secondary N) is 1. The molecule has 0 unspecified atom stereocenters. The van der Waals surface area contributed by atoms with Gasteiger partial charge in [0.25, 0.3) is 11.5 Å². The van der Waals surface area contributed by atoms with E-state index in [1.165, 1.54) is 18.5 Å². The van der Waals surface area contributed by atoms with Crippen molar-refractivity contribution in [2.24, 2.45) is 0 Å². The highest BCUT2D eigenvalue weighted by Crippen LogP contribution is 2.32. The van der Waals surface area contributed by atoms with Crippen LogP contribution in [-0.2, 0) is 4.84 Å². The summed E-state index contributed by atoms with van der Waals surface area (Å²) in [6.07, 6.45) is 1.36. The first-order valence-electron chi connectivity index (χ1n) is 8.26. The quantitative estimate of drug-likeness (QED) is 0.557. The maximum atomic E-state index is 12.1. The fourth-order valence-electron chi connectivity index (χ4n) is 3.11. The van der Waals surface area contributed by atoms with Gasteiger partial charge in [0.15, 0.2) is 0 Å². The Balaban J connectivity index is 1.94. The Labute approximate surface area is 154 Å². The second-order valence-corrected chi connectivity index (χ2v) is 5.85. The second kappa shape index (κ2) is 6.65. The molecule has 0 atom stereocenters. The summed E-state index contributed by atoms with van der Waals surface area (Å²) in [5.74, 6) is 1.05. The molecule has 136 valence electrons. The number of H-pyrrole nitrogens is 1. The molecular formula is C19H17N5O3. The van der Waals surface area contributed by atoms with Crippen molar-refractivity contribution in [3.8, 4) is 5.75 Å². The number of aromatic nitrogens is 4. The second-order valence-electron chi connectivity index (χ2n) is 5.85.